The van der Waals surface area contributed by atoms with Crippen molar-refractivity contribution in [3.8, 4) is 0 Å². The van der Waals surface area contributed by atoms with E-state index >= 15 is 0 Å². The van der Waals surface area contributed by atoms with Crippen LogP contribution in [0.3, 0.4) is 0 Å². The lowest BCUT2D eigenvalue weighted by atomic mass is 9.90. The highest BCUT2D eigenvalue weighted by Gasteiger charge is 2.44. The van der Waals surface area contributed by atoms with Crippen molar-refractivity contribution >= 4 is 5.91 Å². The molecule has 1 aromatic rings. The highest BCUT2D eigenvalue weighted by Crippen LogP contribution is 2.31. The van der Waals surface area contributed by atoms with Gasteiger partial charge in [0, 0.05) is 26.2 Å². The van der Waals surface area contributed by atoms with E-state index in [9.17, 15) is 23.1 Å². The van der Waals surface area contributed by atoms with Gasteiger partial charge in [0.05, 0.1) is 0 Å². The van der Waals surface area contributed by atoms with Gasteiger partial charge in [-0.3, -0.25) is 9.69 Å². The summed E-state index contributed by atoms with van der Waals surface area (Å²) >= 11 is 0. The maximum atomic E-state index is 12.6. The van der Waals surface area contributed by atoms with Gasteiger partial charge in [0.15, 0.2) is 6.10 Å². The lowest BCUT2D eigenvalue weighted by Gasteiger charge is -2.34. The Hall–Kier alpha value is -1.60. The summed E-state index contributed by atoms with van der Waals surface area (Å²) < 4.78 is 37.7. The Bertz CT molecular complexity index is 567. The number of halogens is 3. The number of alkyl halides is 3. The van der Waals surface area contributed by atoms with Gasteiger partial charge in [0.1, 0.15) is 0 Å². The molecule has 1 aromatic carbocycles. The molecule has 7 heteroatoms. The van der Waals surface area contributed by atoms with Gasteiger partial charge in [-0.1, -0.05) is 12.1 Å². The molecule has 1 heterocycles. The molecule has 0 saturated carbocycles. The van der Waals surface area contributed by atoms with Crippen LogP contribution in [0.15, 0.2) is 24.3 Å². The van der Waals surface area contributed by atoms with Crippen LogP contribution in [0.25, 0.3) is 0 Å². The minimum Gasteiger partial charge on any atom is -0.383 e. The number of hydrogen-bond acceptors (Lipinski definition) is 3. The number of carbonyl (C=O) groups is 1. The molecule has 1 aliphatic heterocycles. The van der Waals surface area contributed by atoms with Crippen LogP contribution in [0.4, 0.5) is 13.2 Å². The standard InChI is InChI=1S/C17H23F3N2O2/c1-21(2)16(24)14-5-3-4-12(10-14)11-22-8-6-13(7-9-22)15(23)17(18,19)20/h3-5,10,13,15,23H,6-9,11H2,1-2H3. The number of amides is 1. The second-order valence-electron chi connectivity index (χ2n) is 6.50. The van der Waals surface area contributed by atoms with Gasteiger partial charge in [0.25, 0.3) is 5.91 Å². The fourth-order valence-electron chi connectivity index (χ4n) is 3.01. The maximum Gasteiger partial charge on any atom is 0.414 e. The summed E-state index contributed by atoms with van der Waals surface area (Å²) in [5.74, 6) is -0.813. The number of benzene rings is 1. The molecule has 1 fully saturated rings. The maximum absolute atomic E-state index is 12.6. The van der Waals surface area contributed by atoms with E-state index in [1.54, 1.807) is 20.2 Å². The first-order chi connectivity index (χ1) is 11.2. The molecule has 2 rings (SSSR count). The van der Waals surface area contributed by atoms with E-state index in [0.29, 0.717) is 38.0 Å². The predicted molar refractivity (Wildman–Crippen MR) is 84.5 cm³/mol. The van der Waals surface area contributed by atoms with Crippen LogP contribution >= 0.6 is 0 Å². The number of nitrogens with zero attached hydrogens (tertiary/aromatic N) is 2. The van der Waals surface area contributed by atoms with E-state index in [0.717, 1.165) is 5.56 Å². The Labute approximate surface area is 139 Å². The topological polar surface area (TPSA) is 43.8 Å². The molecule has 1 N–H and O–H groups in total. The zero-order valence-electron chi connectivity index (χ0n) is 13.9. The average molecular weight is 344 g/mol. The van der Waals surface area contributed by atoms with Crippen LogP contribution in [0.1, 0.15) is 28.8 Å². The quantitative estimate of drug-likeness (QED) is 0.913. The van der Waals surface area contributed by atoms with E-state index in [1.165, 1.54) is 4.90 Å². The van der Waals surface area contributed by atoms with Gasteiger partial charge in [-0.2, -0.15) is 13.2 Å². The molecule has 0 spiro atoms. The summed E-state index contributed by atoms with van der Waals surface area (Å²) in [4.78, 5) is 15.5. The second-order valence-corrected chi connectivity index (χ2v) is 6.50. The third-order valence-electron chi connectivity index (χ3n) is 4.40. The van der Waals surface area contributed by atoms with Crippen molar-refractivity contribution < 1.29 is 23.1 Å². The van der Waals surface area contributed by atoms with Crippen molar-refractivity contribution in [3.63, 3.8) is 0 Å². The summed E-state index contributed by atoms with van der Waals surface area (Å²) in [6.07, 6.45) is -6.15. The summed E-state index contributed by atoms with van der Waals surface area (Å²) in [6.45, 7) is 1.59. The molecule has 4 nitrogen and oxygen atoms in total. The van der Waals surface area contributed by atoms with E-state index in [1.807, 2.05) is 18.2 Å². The summed E-state index contributed by atoms with van der Waals surface area (Å²) in [6, 6.07) is 7.28. The zero-order chi connectivity index (χ0) is 17.9. The van der Waals surface area contributed by atoms with Gasteiger partial charge in [0.2, 0.25) is 0 Å². The molecule has 134 valence electrons. The summed E-state index contributed by atoms with van der Waals surface area (Å²) in [7, 11) is 3.37. The van der Waals surface area contributed by atoms with Crippen molar-refractivity contribution in [1.82, 2.24) is 9.80 Å². The molecule has 1 saturated heterocycles. The van der Waals surface area contributed by atoms with E-state index in [4.69, 9.17) is 0 Å². The molecule has 0 aromatic heterocycles. The normalized spacial score (nSPS) is 18.4. The first-order valence-electron chi connectivity index (χ1n) is 7.96. The Morgan fingerprint density at radius 2 is 1.96 bits per heavy atom. The molecular formula is C17H23F3N2O2. The zero-order valence-corrected chi connectivity index (χ0v) is 13.9. The number of likely N-dealkylation sites (tertiary alicyclic amines) is 1. The first kappa shape index (κ1) is 18.7. The fraction of sp³-hybridized carbons (Fsp3) is 0.588. The first-order valence-corrected chi connectivity index (χ1v) is 7.96. The number of rotatable bonds is 4. The monoisotopic (exact) mass is 344 g/mol. The summed E-state index contributed by atoms with van der Waals surface area (Å²) in [5.41, 5.74) is 1.55. The molecule has 1 amide bonds. The second kappa shape index (κ2) is 7.53. The molecule has 0 radical (unpaired) electrons. The SMILES string of the molecule is CN(C)C(=O)c1cccc(CN2CCC(C(O)C(F)(F)F)CC2)c1. The Morgan fingerprint density at radius 3 is 2.50 bits per heavy atom. The molecule has 24 heavy (non-hydrogen) atoms. The Balaban J connectivity index is 1.93. The van der Waals surface area contributed by atoms with Gasteiger partial charge in [-0.25, -0.2) is 0 Å². The predicted octanol–water partition coefficient (Wildman–Crippen LogP) is 2.52. The van der Waals surface area contributed by atoms with Crippen molar-refractivity contribution in [2.24, 2.45) is 5.92 Å². The molecule has 1 atom stereocenters. The molecule has 1 aliphatic rings. The molecule has 0 bridgehead atoms. The number of hydrogen-bond donors (Lipinski definition) is 1. The van der Waals surface area contributed by atoms with Crippen molar-refractivity contribution in [3.05, 3.63) is 35.4 Å². The minimum atomic E-state index is -4.55. The van der Waals surface area contributed by atoms with E-state index in [-0.39, 0.29) is 5.91 Å². The van der Waals surface area contributed by atoms with Crippen molar-refractivity contribution in [1.29, 1.82) is 0 Å². The largest absolute Gasteiger partial charge is 0.414 e. The van der Waals surface area contributed by atoms with Gasteiger partial charge in [-0.05, 0) is 49.5 Å². The highest BCUT2D eigenvalue weighted by atomic mass is 19.4. The number of piperidine rings is 1. The van der Waals surface area contributed by atoms with Crippen LogP contribution in [0.5, 0.6) is 0 Å². The molecule has 1 unspecified atom stereocenters. The van der Waals surface area contributed by atoms with Crippen LogP contribution in [0, 0.1) is 5.92 Å². The summed E-state index contributed by atoms with van der Waals surface area (Å²) in [5, 5.41) is 9.35. The van der Waals surface area contributed by atoms with Gasteiger partial charge < -0.3 is 10.0 Å². The van der Waals surface area contributed by atoms with Gasteiger partial charge >= 0.3 is 6.18 Å². The average Bonchev–Trinajstić information content (AvgIpc) is 2.53. The highest BCUT2D eigenvalue weighted by molar-refractivity contribution is 5.94. The number of aliphatic hydroxyl groups is 1. The number of carbonyl (C=O) groups excluding carboxylic acids is 1. The number of aliphatic hydroxyl groups excluding tert-OH is 1. The Kier molecular flexibility index (Phi) is 5.87. The molecule has 0 aliphatic carbocycles. The van der Waals surface area contributed by atoms with Crippen LogP contribution in [-0.4, -0.2) is 60.3 Å². The lowest BCUT2D eigenvalue weighted by Crippen LogP contribution is -2.43. The van der Waals surface area contributed by atoms with Crippen LogP contribution in [-0.2, 0) is 6.54 Å². The smallest absolute Gasteiger partial charge is 0.383 e. The van der Waals surface area contributed by atoms with E-state index < -0.39 is 18.2 Å². The van der Waals surface area contributed by atoms with Crippen molar-refractivity contribution in [2.75, 3.05) is 27.2 Å². The van der Waals surface area contributed by atoms with Crippen LogP contribution in [0.2, 0.25) is 0 Å². The van der Waals surface area contributed by atoms with Crippen molar-refractivity contribution in [2.45, 2.75) is 31.7 Å². The molecular weight excluding hydrogens is 321 g/mol. The third-order valence-corrected chi connectivity index (χ3v) is 4.40. The van der Waals surface area contributed by atoms with Crippen LogP contribution < -0.4 is 0 Å². The lowest BCUT2D eigenvalue weighted by molar-refractivity contribution is -0.223. The minimum absolute atomic E-state index is 0.0798. The van der Waals surface area contributed by atoms with Gasteiger partial charge in [-0.15, -0.1) is 0 Å². The fourth-order valence-corrected chi connectivity index (χ4v) is 3.01. The Morgan fingerprint density at radius 1 is 1.33 bits per heavy atom. The van der Waals surface area contributed by atoms with E-state index in [2.05, 4.69) is 4.90 Å². The third kappa shape index (κ3) is 4.70.